The highest BCUT2D eigenvalue weighted by molar-refractivity contribution is 5.93. The monoisotopic (exact) mass is 363 g/mol. The summed E-state index contributed by atoms with van der Waals surface area (Å²) in [7, 11) is 1.79. The summed E-state index contributed by atoms with van der Waals surface area (Å²) in [6, 6.07) is 15.8. The summed E-state index contributed by atoms with van der Waals surface area (Å²) < 4.78 is 12.9. The van der Waals surface area contributed by atoms with Gasteiger partial charge in [0.15, 0.2) is 11.5 Å². The van der Waals surface area contributed by atoms with E-state index in [9.17, 15) is 4.79 Å². The molecule has 6 heteroatoms. The maximum absolute atomic E-state index is 12.7. The molecule has 4 rings (SSSR count). The van der Waals surface area contributed by atoms with Crippen LogP contribution >= 0.6 is 0 Å². The van der Waals surface area contributed by atoms with Crippen LogP contribution in [0, 0.1) is 0 Å². The highest BCUT2D eigenvalue weighted by Gasteiger charge is 2.17. The maximum Gasteiger partial charge on any atom is 0.257 e. The summed E-state index contributed by atoms with van der Waals surface area (Å²) in [4.78, 5) is 14.4. The Kier molecular flexibility index (Phi) is 4.78. The van der Waals surface area contributed by atoms with Gasteiger partial charge in [0.05, 0.1) is 18.3 Å². The van der Waals surface area contributed by atoms with Gasteiger partial charge >= 0.3 is 0 Å². The van der Waals surface area contributed by atoms with Crippen molar-refractivity contribution in [1.29, 1.82) is 0 Å². The fourth-order valence-corrected chi connectivity index (χ4v) is 3.08. The van der Waals surface area contributed by atoms with Crippen LogP contribution in [-0.2, 0) is 13.1 Å². The number of hydrogen-bond acceptors (Lipinski definition) is 4. The highest BCUT2D eigenvalue weighted by atomic mass is 16.6. The van der Waals surface area contributed by atoms with E-state index in [0.717, 1.165) is 22.6 Å². The maximum atomic E-state index is 12.7. The molecule has 0 spiro atoms. The molecule has 1 aliphatic heterocycles. The molecular weight excluding hydrogens is 342 g/mol. The van der Waals surface area contributed by atoms with Crippen LogP contribution in [0.5, 0.6) is 11.5 Å². The predicted molar refractivity (Wildman–Crippen MR) is 101 cm³/mol. The average Bonchev–Trinajstić information content (AvgIpc) is 3.16. The van der Waals surface area contributed by atoms with Crippen LogP contribution in [-0.4, -0.2) is 40.8 Å². The van der Waals surface area contributed by atoms with E-state index in [4.69, 9.17) is 9.47 Å². The first-order valence-corrected chi connectivity index (χ1v) is 8.89. The Morgan fingerprint density at radius 3 is 2.67 bits per heavy atom. The van der Waals surface area contributed by atoms with Gasteiger partial charge in [0.1, 0.15) is 13.2 Å². The second-order valence-corrected chi connectivity index (χ2v) is 6.55. The van der Waals surface area contributed by atoms with Gasteiger partial charge in [0, 0.05) is 19.8 Å². The molecule has 3 aromatic rings. The second kappa shape index (κ2) is 7.53. The van der Waals surface area contributed by atoms with Crippen molar-refractivity contribution in [3.8, 4) is 11.5 Å². The molecule has 2 heterocycles. The Hall–Kier alpha value is -3.28. The van der Waals surface area contributed by atoms with Crippen molar-refractivity contribution in [2.45, 2.75) is 13.1 Å². The number of amides is 1. The van der Waals surface area contributed by atoms with Crippen LogP contribution < -0.4 is 9.47 Å². The lowest BCUT2D eigenvalue weighted by Crippen LogP contribution is -2.26. The highest BCUT2D eigenvalue weighted by Crippen LogP contribution is 2.31. The van der Waals surface area contributed by atoms with Gasteiger partial charge in [-0.05, 0) is 23.3 Å². The summed E-state index contributed by atoms with van der Waals surface area (Å²) in [5, 5.41) is 4.31. The Morgan fingerprint density at radius 1 is 1.07 bits per heavy atom. The van der Waals surface area contributed by atoms with Gasteiger partial charge in [-0.15, -0.1) is 0 Å². The second-order valence-electron chi connectivity index (χ2n) is 6.55. The van der Waals surface area contributed by atoms with Gasteiger partial charge in [-0.2, -0.15) is 5.10 Å². The molecule has 1 aromatic heterocycles. The van der Waals surface area contributed by atoms with Crippen molar-refractivity contribution in [3.63, 3.8) is 0 Å². The fourth-order valence-electron chi connectivity index (χ4n) is 3.08. The van der Waals surface area contributed by atoms with Gasteiger partial charge in [-0.25, -0.2) is 0 Å². The van der Waals surface area contributed by atoms with Crippen LogP contribution in [0.3, 0.4) is 0 Å². The van der Waals surface area contributed by atoms with E-state index < -0.39 is 0 Å². The third kappa shape index (κ3) is 3.95. The Bertz CT molecular complexity index is 937. The number of ether oxygens (including phenoxy) is 2. The normalized spacial score (nSPS) is 12.6. The topological polar surface area (TPSA) is 56.6 Å². The first kappa shape index (κ1) is 17.1. The SMILES string of the molecule is CN(Cc1ccc2c(c1)OCCO2)C(=O)c1cnn(Cc2ccccc2)c1. The van der Waals surface area contributed by atoms with Crippen molar-refractivity contribution in [2.75, 3.05) is 20.3 Å². The molecule has 0 radical (unpaired) electrons. The number of rotatable bonds is 5. The lowest BCUT2D eigenvalue weighted by atomic mass is 10.1. The summed E-state index contributed by atoms with van der Waals surface area (Å²) >= 11 is 0. The van der Waals surface area contributed by atoms with Gasteiger partial charge < -0.3 is 14.4 Å². The van der Waals surface area contributed by atoms with Gasteiger partial charge in [-0.3, -0.25) is 9.48 Å². The Labute approximate surface area is 157 Å². The van der Waals surface area contributed by atoms with Crippen molar-refractivity contribution in [2.24, 2.45) is 0 Å². The zero-order valence-electron chi connectivity index (χ0n) is 15.2. The molecule has 2 aromatic carbocycles. The van der Waals surface area contributed by atoms with Crippen molar-refractivity contribution < 1.29 is 14.3 Å². The summed E-state index contributed by atoms with van der Waals surface area (Å²) in [6.07, 6.45) is 3.40. The number of aromatic nitrogens is 2. The molecule has 27 heavy (non-hydrogen) atoms. The molecule has 0 fully saturated rings. The molecule has 0 aliphatic carbocycles. The number of hydrogen-bond donors (Lipinski definition) is 0. The van der Waals surface area contributed by atoms with Gasteiger partial charge in [-0.1, -0.05) is 36.4 Å². The number of benzene rings is 2. The predicted octanol–water partition coefficient (Wildman–Crippen LogP) is 2.97. The Morgan fingerprint density at radius 2 is 1.85 bits per heavy atom. The minimum Gasteiger partial charge on any atom is -0.486 e. The van der Waals surface area contributed by atoms with E-state index in [1.54, 1.807) is 29.0 Å². The van der Waals surface area contributed by atoms with E-state index in [1.807, 2.05) is 48.5 Å². The molecule has 0 unspecified atom stereocenters. The molecule has 1 amide bonds. The molecular formula is C21H21N3O3. The lowest BCUT2D eigenvalue weighted by molar-refractivity contribution is 0.0784. The van der Waals surface area contributed by atoms with Crippen molar-refractivity contribution in [1.82, 2.24) is 14.7 Å². The smallest absolute Gasteiger partial charge is 0.257 e. The zero-order chi connectivity index (χ0) is 18.6. The average molecular weight is 363 g/mol. The molecule has 0 atom stereocenters. The van der Waals surface area contributed by atoms with E-state index in [0.29, 0.717) is 31.9 Å². The summed E-state index contributed by atoms with van der Waals surface area (Å²) in [5.41, 5.74) is 2.71. The molecule has 0 bridgehead atoms. The number of fused-ring (bicyclic) bond motifs is 1. The molecule has 1 aliphatic rings. The molecule has 6 nitrogen and oxygen atoms in total. The number of carbonyl (C=O) groups is 1. The van der Waals surface area contributed by atoms with Crippen LogP contribution in [0.1, 0.15) is 21.5 Å². The minimum atomic E-state index is -0.0656. The molecule has 0 saturated carbocycles. The number of nitrogens with zero attached hydrogens (tertiary/aromatic N) is 3. The minimum absolute atomic E-state index is 0.0656. The fraction of sp³-hybridized carbons (Fsp3) is 0.238. The summed E-state index contributed by atoms with van der Waals surface area (Å²) in [5.74, 6) is 1.42. The van der Waals surface area contributed by atoms with Gasteiger partial charge in [0.25, 0.3) is 5.91 Å². The quantitative estimate of drug-likeness (QED) is 0.699. The van der Waals surface area contributed by atoms with Crippen LogP contribution in [0.25, 0.3) is 0 Å². The van der Waals surface area contributed by atoms with E-state index >= 15 is 0 Å². The molecule has 0 saturated heterocycles. The zero-order valence-corrected chi connectivity index (χ0v) is 15.2. The largest absolute Gasteiger partial charge is 0.486 e. The standard InChI is InChI=1S/C21H21N3O3/c1-23(13-17-7-8-19-20(11-17)27-10-9-26-19)21(25)18-12-22-24(15-18)14-16-5-3-2-4-6-16/h2-8,11-12,15H,9-10,13-14H2,1H3. The van der Waals surface area contributed by atoms with Gasteiger partial charge in [0.2, 0.25) is 0 Å². The van der Waals surface area contributed by atoms with E-state index in [1.165, 1.54) is 0 Å². The lowest BCUT2D eigenvalue weighted by Gasteiger charge is -2.21. The first-order chi connectivity index (χ1) is 13.2. The third-order valence-corrected chi connectivity index (χ3v) is 4.44. The first-order valence-electron chi connectivity index (χ1n) is 8.89. The van der Waals surface area contributed by atoms with Crippen molar-refractivity contribution in [3.05, 3.63) is 77.6 Å². The van der Waals surface area contributed by atoms with Crippen molar-refractivity contribution >= 4 is 5.91 Å². The third-order valence-electron chi connectivity index (χ3n) is 4.44. The molecule has 138 valence electrons. The molecule has 0 N–H and O–H groups in total. The van der Waals surface area contributed by atoms with Crippen LogP contribution in [0.15, 0.2) is 60.9 Å². The van der Waals surface area contributed by atoms with E-state index in [2.05, 4.69) is 5.10 Å². The Balaban J connectivity index is 1.42. The van der Waals surface area contributed by atoms with E-state index in [-0.39, 0.29) is 5.91 Å². The van der Waals surface area contributed by atoms with Crippen LogP contribution in [0.2, 0.25) is 0 Å². The van der Waals surface area contributed by atoms with Crippen LogP contribution in [0.4, 0.5) is 0 Å². The number of carbonyl (C=O) groups excluding carboxylic acids is 1. The summed E-state index contributed by atoms with van der Waals surface area (Å²) in [6.45, 7) is 2.24.